The van der Waals surface area contributed by atoms with Crippen LogP contribution in [0.15, 0.2) is 54.6 Å². The van der Waals surface area contributed by atoms with Gasteiger partial charge in [-0.15, -0.1) is 0 Å². The van der Waals surface area contributed by atoms with Crippen molar-refractivity contribution in [2.45, 2.75) is 13.8 Å². The van der Waals surface area contributed by atoms with Gasteiger partial charge >= 0.3 is 0 Å². The van der Waals surface area contributed by atoms with Crippen molar-refractivity contribution in [2.75, 3.05) is 29.9 Å². The third-order valence-corrected chi connectivity index (χ3v) is 3.57. The van der Waals surface area contributed by atoms with E-state index in [0.29, 0.717) is 18.7 Å². The van der Waals surface area contributed by atoms with Crippen molar-refractivity contribution in [3.05, 3.63) is 60.2 Å². The van der Waals surface area contributed by atoms with Crippen LogP contribution in [-0.2, 0) is 4.79 Å². The highest BCUT2D eigenvalue weighted by atomic mass is 16.2. The van der Waals surface area contributed by atoms with E-state index in [1.54, 1.807) is 17.0 Å². The van der Waals surface area contributed by atoms with Gasteiger partial charge in [0.05, 0.1) is 6.54 Å². The summed E-state index contributed by atoms with van der Waals surface area (Å²) in [6.45, 7) is 5.19. The van der Waals surface area contributed by atoms with E-state index in [1.165, 1.54) is 0 Å². The molecule has 0 aliphatic rings. The smallest absolute Gasteiger partial charge is 0.258 e. The molecule has 0 bridgehead atoms. The first kappa shape index (κ1) is 17.5. The fraction of sp³-hybridized carbons (Fsp3) is 0.263. The molecule has 0 aromatic heterocycles. The zero-order chi connectivity index (χ0) is 17.4. The predicted octanol–water partition coefficient (Wildman–Crippen LogP) is 2.90. The zero-order valence-corrected chi connectivity index (χ0v) is 14.1. The number of anilines is 2. The SMILES string of the molecule is CCNC(=O)CNc1cccc(C(=O)N(CC)c2ccccc2)c1. The number of nitrogens with one attached hydrogen (secondary N) is 2. The fourth-order valence-electron chi connectivity index (χ4n) is 2.41. The maximum Gasteiger partial charge on any atom is 0.258 e. The molecule has 2 aromatic carbocycles. The molecule has 5 heteroatoms. The van der Waals surface area contributed by atoms with Crippen molar-refractivity contribution in [3.63, 3.8) is 0 Å². The summed E-state index contributed by atoms with van der Waals surface area (Å²) in [6, 6.07) is 16.8. The van der Waals surface area contributed by atoms with Gasteiger partial charge in [-0.2, -0.15) is 0 Å². The Morgan fingerprint density at radius 1 is 1.00 bits per heavy atom. The standard InChI is InChI=1S/C19H23N3O2/c1-3-20-18(23)14-21-16-10-8-9-15(13-16)19(24)22(4-2)17-11-6-5-7-12-17/h5-13,21H,3-4,14H2,1-2H3,(H,20,23). The van der Waals surface area contributed by atoms with Gasteiger partial charge < -0.3 is 15.5 Å². The van der Waals surface area contributed by atoms with Crippen molar-refractivity contribution in [1.29, 1.82) is 0 Å². The number of rotatable bonds is 7. The average Bonchev–Trinajstić information content (AvgIpc) is 2.62. The molecule has 2 aromatic rings. The second-order valence-corrected chi connectivity index (χ2v) is 5.27. The second-order valence-electron chi connectivity index (χ2n) is 5.27. The van der Waals surface area contributed by atoms with Gasteiger partial charge in [0, 0.05) is 30.0 Å². The highest BCUT2D eigenvalue weighted by molar-refractivity contribution is 6.06. The Hall–Kier alpha value is -2.82. The summed E-state index contributed by atoms with van der Waals surface area (Å²) in [5.41, 5.74) is 2.20. The van der Waals surface area contributed by atoms with E-state index in [2.05, 4.69) is 10.6 Å². The maximum atomic E-state index is 12.8. The molecule has 2 rings (SSSR count). The lowest BCUT2D eigenvalue weighted by Crippen LogP contribution is -2.31. The van der Waals surface area contributed by atoms with E-state index >= 15 is 0 Å². The Bertz CT molecular complexity index is 686. The van der Waals surface area contributed by atoms with Crippen LogP contribution in [-0.4, -0.2) is 31.4 Å². The summed E-state index contributed by atoms with van der Waals surface area (Å²) in [4.78, 5) is 26.0. The minimum absolute atomic E-state index is 0.0645. The molecule has 0 spiro atoms. The first-order valence-corrected chi connectivity index (χ1v) is 8.13. The van der Waals surface area contributed by atoms with E-state index < -0.39 is 0 Å². The molecule has 0 aliphatic heterocycles. The predicted molar refractivity (Wildman–Crippen MR) is 97.4 cm³/mol. The van der Waals surface area contributed by atoms with Crippen LogP contribution in [0.5, 0.6) is 0 Å². The average molecular weight is 325 g/mol. The quantitative estimate of drug-likeness (QED) is 0.823. The third kappa shape index (κ3) is 4.59. The highest BCUT2D eigenvalue weighted by Crippen LogP contribution is 2.18. The molecule has 0 radical (unpaired) electrons. The lowest BCUT2D eigenvalue weighted by Gasteiger charge is -2.21. The minimum atomic E-state index is -0.0753. The number of benzene rings is 2. The van der Waals surface area contributed by atoms with Gasteiger partial charge in [0.15, 0.2) is 0 Å². The van der Waals surface area contributed by atoms with Crippen LogP contribution in [0.1, 0.15) is 24.2 Å². The van der Waals surface area contributed by atoms with E-state index in [-0.39, 0.29) is 18.4 Å². The Kier molecular flexibility index (Phi) is 6.37. The summed E-state index contributed by atoms with van der Waals surface area (Å²) in [5, 5.41) is 5.76. The summed E-state index contributed by atoms with van der Waals surface area (Å²) in [7, 11) is 0. The van der Waals surface area contributed by atoms with Crippen LogP contribution in [0.4, 0.5) is 11.4 Å². The fourth-order valence-corrected chi connectivity index (χ4v) is 2.41. The van der Waals surface area contributed by atoms with Gasteiger partial charge in [0.1, 0.15) is 0 Å². The Labute approximate surface area is 142 Å². The molecule has 0 fully saturated rings. The zero-order valence-electron chi connectivity index (χ0n) is 14.1. The summed E-state index contributed by atoms with van der Waals surface area (Å²) < 4.78 is 0. The van der Waals surface area contributed by atoms with Crippen LogP contribution >= 0.6 is 0 Å². The van der Waals surface area contributed by atoms with Crippen molar-refractivity contribution in [2.24, 2.45) is 0 Å². The number of para-hydroxylation sites is 1. The largest absolute Gasteiger partial charge is 0.376 e. The summed E-state index contributed by atoms with van der Waals surface area (Å²) in [5.74, 6) is -0.140. The first-order chi connectivity index (χ1) is 11.7. The Balaban J connectivity index is 2.12. The van der Waals surface area contributed by atoms with E-state index in [1.807, 2.05) is 56.3 Å². The number of hydrogen-bond donors (Lipinski definition) is 2. The second kappa shape index (κ2) is 8.72. The summed E-state index contributed by atoms with van der Waals surface area (Å²) >= 11 is 0. The van der Waals surface area contributed by atoms with E-state index in [4.69, 9.17) is 0 Å². The van der Waals surface area contributed by atoms with Crippen LogP contribution in [0, 0.1) is 0 Å². The Morgan fingerprint density at radius 2 is 1.75 bits per heavy atom. The molecule has 24 heavy (non-hydrogen) atoms. The van der Waals surface area contributed by atoms with Crippen LogP contribution < -0.4 is 15.5 Å². The van der Waals surface area contributed by atoms with Crippen LogP contribution in [0.25, 0.3) is 0 Å². The van der Waals surface area contributed by atoms with Gasteiger partial charge in [0.25, 0.3) is 5.91 Å². The van der Waals surface area contributed by atoms with Crippen LogP contribution in [0.2, 0.25) is 0 Å². The third-order valence-electron chi connectivity index (χ3n) is 3.57. The number of hydrogen-bond acceptors (Lipinski definition) is 3. The normalized spacial score (nSPS) is 10.1. The number of amides is 2. The van der Waals surface area contributed by atoms with Gasteiger partial charge in [0.2, 0.25) is 5.91 Å². The molecule has 0 saturated heterocycles. The van der Waals surface area contributed by atoms with Gasteiger partial charge in [-0.05, 0) is 44.2 Å². The topological polar surface area (TPSA) is 61.4 Å². The molecular weight excluding hydrogens is 302 g/mol. The number of carbonyl (C=O) groups excluding carboxylic acids is 2. The maximum absolute atomic E-state index is 12.8. The van der Waals surface area contributed by atoms with Gasteiger partial charge in [-0.25, -0.2) is 0 Å². The summed E-state index contributed by atoms with van der Waals surface area (Å²) in [6.07, 6.45) is 0. The number of carbonyl (C=O) groups is 2. The molecule has 0 heterocycles. The molecular formula is C19H23N3O2. The Morgan fingerprint density at radius 3 is 2.42 bits per heavy atom. The molecule has 2 amide bonds. The molecule has 126 valence electrons. The molecule has 0 unspecified atom stereocenters. The molecule has 0 atom stereocenters. The lowest BCUT2D eigenvalue weighted by atomic mass is 10.1. The van der Waals surface area contributed by atoms with Crippen molar-refractivity contribution >= 4 is 23.2 Å². The number of likely N-dealkylation sites (N-methyl/N-ethyl adjacent to an activating group) is 1. The van der Waals surface area contributed by atoms with E-state index in [9.17, 15) is 9.59 Å². The van der Waals surface area contributed by atoms with Crippen molar-refractivity contribution < 1.29 is 9.59 Å². The lowest BCUT2D eigenvalue weighted by molar-refractivity contribution is -0.119. The highest BCUT2D eigenvalue weighted by Gasteiger charge is 2.16. The molecule has 2 N–H and O–H groups in total. The molecule has 5 nitrogen and oxygen atoms in total. The minimum Gasteiger partial charge on any atom is -0.376 e. The molecule has 0 aliphatic carbocycles. The van der Waals surface area contributed by atoms with Gasteiger partial charge in [-0.1, -0.05) is 24.3 Å². The van der Waals surface area contributed by atoms with Crippen molar-refractivity contribution in [3.8, 4) is 0 Å². The van der Waals surface area contributed by atoms with Gasteiger partial charge in [-0.3, -0.25) is 9.59 Å². The van der Waals surface area contributed by atoms with E-state index in [0.717, 1.165) is 11.4 Å². The molecule has 0 saturated carbocycles. The monoisotopic (exact) mass is 325 g/mol. The number of nitrogens with zero attached hydrogens (tertiary/aromatic N) is 1. The van der Waals surface area contributed by atoms with Crippen LogP contribution in [0.3, 0.4) is 0 Å². The first-order valence-electron chi connectivity index (χ1n) is 8.13. The van der Waals surface area contributed by atoms with Crippen molar-refractivity contribution in [1.82, 2.24) is 5.32 Å².